The highest BCUT2D eigenvalue weighted by Crippen LogP contribution is 2.01. The zero-order chi connectivity index (χ0) is 7.28. The van der Waals surface area contributed by atoms with E-state index in [-0.39, 0.29) is 0 Å². The molecule has 54 valence electrons. The Morgan fingerprint density at radius 2 is 2.11 bits per heavy atom. The Hall–Kier alpha value is -0.340. The molecule has 2 nitrogen and oxygen atoms in total. The molecule has 0 heterocycles. The van der Waals surface area contributed by atoms with Gasteiger partial charge in [-0.2, -0.15) is 0 Å². The predicted octanol–water partition coefficient (Wildman–Crippen LogP) is 0.694. The zero-order valence-electron chi connectivity index (χ0n) is 5.75. The van der Waals surface area contributed by atoms with Crippen LogP contribution in [-0.2, 0) is 0 Å². The summed E-state index contributed by atoms with van der Waals surface area (Å²) in [6.45, 7) is 5.08. The molecule has 2 N–H and O–H groups in total. The molecular formula is C7H14O2. The van der Waals surface area contributed by atoms with Gasteiger partial charge in [-0.3, -0.25) is 0 Å². The molecule has 0 bridgehead atoms. The molecule has 0 aliphatic rings. The third-order valence-corrected chi connectivity index (χ3v) is 1.22. The third kappa shape index (κ3) is 4.18. The highest BCUT2D eigenvalue weighted by Gasteiger charge is 2.07. The first-order valence-corrected chi connectivity index (χ1v) is 3.15. The summed E-state index contributed by atoms with van der Waals surface area (Å²) < 4.78 is 0. The van der Waals surface area contributed by atoms with Gasteiger partial charge in [0, 0.05) is 0 Å². The van der Waals surface area contributed by atoms with Crippen LogP contribution in [0.15, 0.2) is 12.7 Å². The van der Waals surface area contributed by atoms with E-state index in [1.807, 2.05) is 0 Å². The van der Waals surface area contributed by atoms with Crippen molar-refractivity contribution in [3.8, 4) is 0 Å². The first-order valence-electron chi connectivity index (χ1n) is 3.15. The van der Waals surface area contributed by atoms with Crippen LogP contribution in [0, 0.1) is 0 Å². The van der Waals surface area contributed by atoms with Gasteiger partial charge >= 0.3 is 0 Å². The molecule has 0 spiro atoms. The lowest BCUT2D eigenvalue weighted by molar-refractivity contribution is 0.0269. The maximum absolute atomic E-state index is 8.96. The largest absolute Gasteiger partial charge is 0.391 e. The molecule has 0 aliphatic carbocycles. The van der Waals surface area contributed by atoms with Gasteiger partial charge in [0.15, 0.2) is 0 Å². The summed E-state index contributed by atoms with van der Waals surface area (Å²) in [4.78, 5) is 0. The van der Waals surface area contributed by atoms with Gasteiger partial charge in [-0.05, 0) is 19.8 Å². The maximum atomic E-state index is 8.96. The number of rotatable bonds is 4. The van der Waals surface area contributed by atoms with Crippen LogP contribution in [0.4, 0.5) is 0 Å². The summed E-state index contributed by atoms with van der Waals surface area (Å²) in [6, 6.07) is 0. The van der Waals surface area contributed by atoms with Crippen molar-refractivity contribution in [2.24, 2.45) is 0 Å². The van der Waals surface area contributed by atoms with Gasteiger partial charge in [0.25, 0.3) is 0 Å². The topological polar surface area (TPSA) is 40.5 Å². The van der Waals surface area contributed by atoms with Crippen molar-refractivity contribution in [2.75, 3.05) is 0 Å². The second-order valence-electron chi connectivity index (χ2n) is 2.17. The zero-order valence-corrected chi connectivity index (χ0v) is 5.75. The average molecular weight is 130 g/mol. The van der Waals surface area contributed by atoms with Gasteiger partial charge in [-0.1, -0.05) is 6.08 Å². The van der Waals surface area contributed by atoms with Crippen molar-refractivity contribution in [1.29, 1.82) is 0 Å². The Bertz CT molecular complexity index is 79.0. The van der Waals surface area contributed by atoms with E-state index < -0.39 is 12.2 Å². The van der Waals surface area contributed by atoms with E-state index in [0.29, 0.717) is 6.42 Å². The standard InChI is InChI=1S/C7H14O2/c1-3-4-5-7(9)6(2)8/h3,6-9H,1,4-5H2,2H3/t6-,7+/m1/s1. The fourth-order valence-corrected chi connectivity index (χ4v) is 0.530. The van der Waals surface area contributed by atoms with Gasteiger partial charge in [0.2, 0.25) is 0 Å². The van der Waals surface area contributed by atoms with Crippen LogP contribution < -0.4 is 0 Å². The lowest BCUT2D eigenvalue weighted by Crippen LogP contribution is -2.21. The van der Waals surface area contributed by atoms with Crippen LogP contribution in [0.5, 0.6) is 0 Å². The molecule has 0 fully saturated rings. The number of aliphatic hydroxyl groups excluding tert-OH is 2. The Labute approximate surface area is 55.8 Å². The molecule has 9 heavy (non-hydrogen) atoms. The normalized spacial score (nSPS) is 16.8. The minimum Gasteiger partial charge on any atom is -0.391 e. The van der Waals surface area contributed by atoms with Crippen LogP contribution in [0.1, 0.15) is 19.8 Å². The summed E-state index contributed by atoms with van der Waals surface area (Å²) in [5, 5.41) is 17.7. The molecule has 0 amide bonds. The van der Waals surface area contributed by atoms with Crippen molar-refractivity contribution in [2.45, 2.75) is 32.0 Å². The van der Waals surface area contributed by atoms with Crippen molar-refractivity contribution >= 4 is 0 Å². The molecule has 0 aromatic heterocycles. The van der Waals surface area contributed by atoms with Gasteiger partial charge in [0.05, 0.1) is 12.2 Å². The second-order valence-corrected chi connectivity index (χ2v) is 2.17. The molecule has 0 aliphatic heterocycles. The average Bonchev–Trinajstić information content (AvgIpc) is 1.82. The molecule has 0 unspecified atom stereocenters. The fourth-order valence-electron chi connectivity index (χ4n) is 0.530. The lowest BCUT2D eigenvalue weighted by atomic mass is 10.1. The van der Waals surface area contributed by atoms with Gasteiger partial charge in [-0.25, -0.2) is 0 Å². The number of aliphatic hydroxyl groups is 2. The van der Waals surface area contributed by atoms with E-state index in [1.54, 1.807) is 13.0 Å². The summed E-state index contributed by atoms with van der Waals surface area (Å²) >= 11 is 0. The lowest BCUT2D eigenvalue weighted by Gasteiger charge is -2.10. The summed E-state index contributed by atoms with van der Waals surface area (Å²) in [5.41, 5.74) is 0. The smallest absolute Gasteiger partial charge is 0.0799 e. The van der Waals surface area contributed by atoms with Crippen molar-refractivity contribution in [1.82, 2.24) is 0 Å². The Kier molecular flexibility index (Phi) is 4.36. The monoisotopic (exact) mass is 130 g/mol. The van der Waals surface area contributed by atoms with Crippen LogP contribution in [0.2, 0.25) is 0 Å². The molecular weight excluding hydrogens is 116 g/mol. The minimum atomic E-state index is -0.620. The molecule has 2 atom stereocenters. The minimum absolute atomic E-state index is 0.594. The van der Waals surface area contributed by atoms with Gasteiger partial charge < -0.3 is 10.2 Å². The third-order valence-electron chi connectivity index (χ3n) is 1.22. The number of hydrogen-bond acceptors (Lipinski definition) is 2. The van der Waals surface area contributed by atoms with E-state index in [1.165, 1.54) is 0 Å². The first kappa shape index (κ1) is 8.66. The van der Waals surface area contributed by atoms with Crippen LogP contribution in [0.25, 0.3) is 0 Å². The van der Waals surface area contributed by atoms with Crippen LogP contribution in [0.3, 0.4) is 0 Å². The first-order chi connectivity index (χ1) is 4.18. The highest BCUT2D eigenvalue weighted by atomic mass is 16.3. The predicted molar refractivity (Wildman–Crippen MR) is 37.1 cm³/mol. The van der Waals surface area contributed by atoms with E-state index in [4.69, 9.17) is 10.2 Å². The van der Waals surface area contributed by atoms with Gasteiger partial charge in [0.1, 0.15) is 0 Å². The van der Waals surface area contributed by atoms with Crippen molar-refractivity contribution < 1.29 is 10.2 Å². The maximum Gasteiger partial charge on any atom is 0.0799 e. The molecule has 0 aromatic carbocycles. The Morgan fingerprint density at radius 3 is 2.44 bits per heavy atom. The molecule has 0 aromatic rings. The second kappa shape index (κ2) is 4.53. The summed E-state index contributed by atoms with van der Waals surface area (Å²) in [6.07, 6.45) is 1.87. The summed E-state index contributed by atoms with van der Waals surface area (Å²) in [5.74, 6) is 0. The fraction of sp³-hybridized carbons (Fsp3) is 0.714. The highest BCUT2D eigenvalue weighted by molar-refractivity contribution is 4.71. The van der Waals surface area contributed by atoms with Crippen LogP contribution >= 0.6 is 0 Å². The van der Waals surface area contributed by atoms with E-state index in [2.05, 4.69) is 6.58 Å². The van der Waals surface area contributed by atoms with Crippen molar-refractivity contribution in [3.05, 3.63) is 12.7 Å². The molecule has 0 saturated carbocycles. The number of hydrogen-bond donors (Lipinski definition) is 2. The van der Waals surface area contributed by atoms with Crippen LogP contribution in [-0.4, -0.2) is 22.4 Å². The van der Waals surface area contributed by atoms with Crippen molar-refractivity contribution in [3.63, 3.8) is 0 Å². The SMILES string of the molecule is C=CCC[C@H](O)[C@@H](C)O. The Morgan fingerprint density at radius 1 is 1.56 bits per heavy atom. The number of allylic oxidation sites excluding steroid dienone is 1. The van der Waals surface area contributed by atoms with Gasteiger partial charge in [-0.15, -0.1) is 6.58 Å². The van der Waals surface area contributed by atoms with E-state index >= 15 is 0 Å². The Balaban J connectivity index is 3.26. The molecule has 0 saturated heterocycles. The van der Waals surface area contributed by atoms with E-state index in [0.717, 1.165) is 6.42 Å². The van der Waals surface area contributed by atoms with E-state index in [9.17, 15) is 0 Å². The molecule has 2 heteroatoms. The summed E-state index contributed by atoms with van der Waals surface area (Å²) in [7, 11) is 0. The quantitative estimate of drug-likeness (QED) is 0.550. The molecule has 0 radical (unpaired) electrons. The molecule has 0 rings (SSSR count).